The average molecular weight is 219 g/mol. The quantitative estimate of drug-likeness (QED) is 0.742. The Hall–Kier alpha value is -1.12. The molecule has 0 bridgehead atoms. The van der Waals surface area contributed by atoms with Gasteiger partial charge in [0.15, 0.2) is 0 Å². The maximum atomic E-state index is 4.96. The maximum absolute atomic E-state index is 4.96. The molecule has 88 valence electrons. The zero-order valence-corrected chi connectivity index (χ0v) is 10.4. The lowest BCUT2D eigenvalue weighted by molar-refractivity contribution is 0.200. The van der Waals surface area contributed by atoms with Crippen LogP contribution < -0.4 is 5.32 Å². The Balaban J connectivity index is 2.44. The van der Waals surface area contributed by atoms with Gasteiger partial charge in [-0.15, -0.1) is 0 Å². The third-order valence-electron chi connectivity index (χ3n) is 2.57. The second-order valence-electron chi connectivity index (χ2n) is 3.90. The SMILES string of the molecule is COCCNC/C=C/c1c(C)cccc1C. The summed E-state index contributed by atoms with van der Waals surface area (Å²) >= 11 is 0. The van der Waals surface area contributed by atoms with E-state index >= 15 is 0 Å². The standard InChI is InChI=1S/C14H21NO/c1-12-6-4-7-13(2)14(12)8-5-9-15-10-11-16-3/h4-8,15H,9-11H2,1-3H3/b8-5+. The summed E-state index contributed by atoms with van der Waals surface area (Å²) in [6.45, 7) is 6.83. The van der Waals surface area contributed by atoms with Crippen LogP contribution in [0.5, 0.6) is 0 Å². The topological polar surface area (TPSA) is 21.3 Å². The summed E-state index contributed by atoms with van der Waals surface area (Å²) in [6.07, 6.45) is 4.34. The Kier molecular flexibility index (Phi) is 5.83. The molecule has 0 aliphatic heterocycles. The summed E-state index contributed by atoms with van der Waals surface area (Å²) in [5.41, 5.74) is 3.98. The molecule has 0 saturated heterocycles. The Morgan fingerprint density at radius 1 is 1.25 bits per heavy atom. The van der Waals surface area contributed by atoms with E-state index in [9.17, 15) is 0 Å². The second kappa shape index (κ2) is 7.20. The van der Waals surface area contributed by atoms with E-state index in [0.29, 0.717) is 0 Å². The zero-order chi connectivity index (χ0) is 11.8. The van der Waals surface area contributed by atoms with Crippen molar-refractivity contribution in [3.05, 3.63) is 41.0 Å². The van der Waals surface area contributed by atoms with Gasteiger partial charge in [0.2, 0.25) is 0 Å². The number of ether oxygens (including phenoxy) is 1. The molecule has 0 fully saturated rings. The van der Waals surface area contributed by atoms with Crippen LogP contribution in [0.15, 0.2) is 24.3 Å². The van der Waals surface area contributed by atoms with Gasteiger partial charge in [-0.3, -0.25) is 0 Å². The van der Waals surface area contributed by atoms with E-state index < -0.39 is 0 Å². The van der Waals surface area contributed by atoms with Crippen LogP contribution in [0.4, 0.5) is 0 Å². The molecule has 0 aliphatic carbocycles. The first-order chi connectivity index (χ1) is 7.75. The third kappa shape index (κ3) is 4.17. The third-order valence-corrected chi connectivity index (χ3v) is 2.57. The molecule has 0 saturated carbocycles. The van der Waals surface area contributed by atoms with E-state index in [1.165, 1.54) is 16.7 Å². The molecule has 0 aliphatic rings. The van der Waals surface area contributed by atoms with E-state index in [0.717, 1.165) is 19.7 Å². The molecule has 2 heteroatoms. The number of rotatable bonds is 6. The van der Waals surface area contributed by atoms with Gasteiger partial charge in [-0.1, -0.05) is 30.4 Å². The molecular formula is C14H21NO. The molecule has 1 aromatic rings. The molecule has 1 N–H and O–H groups in total. The second-order valence-corrected chi connectivity index (χ2v) is 3.90. The Labute approximate surface area is 98.3 Å². The first-order valence-electron chi connectivity index (χ1n) is 5.68. The van der Waals surface area contributed by atoms with E-state index in [-0.39, 0.29) is 0 Å². The van der Waals surface area contributed by atoms with Crippen LogP contribution in [0.1, 0.15) is 16.7 Å². The number of hydrogen-bond acceptors (Lipinski definition) is 2. The zero-order valence-electron chi connectivity index (χ0n) is 10.4. The molecule has 2 nitrogen and oxygen atoms in total. The molecule has 1 rings (SSSR count). The van der Waals surface area contributed by atoms with Gasteiger partial charge in [-0.05, 0) is 30.5 Å². The van der Waals surface area contributed by atoms with Crippen molar-refractivity contribution in [3.63, 3.8) is 0 Å². The van der Waals surface area contributed by atoms with Crippen molar-refractivity contribution in [1.82, 2.24) is 5.32 Å². The van der Waals surface area contributed by atoms with Crippen LogP contribution in [0.2, 0.25) is 0 Å². The van der Waals surface area contributed by atoms with Crippen LogP contribution in [-0.2, 0) is 4.74 Å². The van der Waals surface area contributed by atoms with E-state index in [1.807, 2.05) is 0 Å². The highest BCUT2D eigenvalue weighted by Gasteiger charge is 1.96. The molecule has 0 radical (unpaired) electrons. The maximum Gasteiger partial charge on any atom is 0.0587 e. The molecule has 0 spiro atoms. The number of nitrogens with one attached hydrogen (secondary N) is 1. The Morgan fingerprint density at radius 2 is 1.94 bits per heavy atom. The van der Waals surface area contributed by atoms with Crippen LogP contribution >= 0.6 is 0 Å². The predicted octanol–water partition coefficient (Wildman–Crippen LogP) is 2.55. The van der Waals surface area contributed by atoms with Crippen molar-refractivity contribution < 1.29 is 4.74 Å². The van der Waals surface area contributed by atoms with Gasteiger partial charge in [0, 0.05) is 20.2 Å². The Morgan fingerprint density at radius 3 is 2.56 bits per heavy atom. The summed E-state index contributed by atoms with van der Waals surface area (Å²) in [4.78, 5) is 0. The highest BCUT2D eigenvalue weighted by molar-refractivity contribution is 5.57. The Bertz CT molecular complexity index is 324. The average Bonchev–Trinajstić information content (AvgIpc) is 2.26. The van der Waals surface area contributed by atoms with Crippen molar-refractivity contribution >= 4 is 6.08 Å². The van der Waals surface area contributed by atoms with Gasteiger partial charge in [0.05, 0.1) is 6.61 Å². The van der Waals surface area contributed by atoms with E-state index in [4.69, 9.17) is 4.74 Å². The molecule has 0 amide bonds. The molecule has 16 heavy (non-hydrogen) atoms. The normalized spacial score (nSPS) is 11.2. The van der Waals surface area contributed by atoms with E-state index in [2.05, 4.69) is 49.5 Å². The lowest BCUT2D eigenvalue weighted by atomic mass is 10.0. The van der Waals surface area contributed by atoms with Gasteiger partial charge in [-0.25, -0.2) is 0 Å². The fourth-order valence-corrected chi connectivity index (χ4v) is 1.63. The van der Waals surface area contributed by atoms with Gasteiger partial charge in [-0.2, -0.15) is 0 Å². The van der Waals surface area contributed by atoms with Crippen molar-refractivity contribution in [2.24, 2.45) is 0 Å². The highest BCUT2D eigenvalue weighted by Crippen LogP contribution is 2.14. The fraction of sp³-hybridized carbons (Fsp3) is 0.429. The first-order valence-corrected chi connectivity index (χ1v) is 5.68. The van der Waals surface area contributed by atoms with Crippen LogP contribution in [0.25, 0.3) is 6.08 Å². The largest absolute Gasteiger partial charge is 0.383 e. The monoisotopic (exact) mass is 219 g/mol. The van der Waals surface area contributed by atoms with Gasteiger partial charge < -0.3 is 10.1 Å². The van der Waals surface area contributed by atoms with Crippen LogP contribution in [-0.4, -0.2) is 26.8 Å². The minimum absolute atomic E-state index is 0.761. The van der Waals surface area contributed by atoms with Crippen molar-refractivity contribution in [2.75, 3.05) is 26.8 Å². The van der Waals surface area contributed by atoms with Gasteiger partial charge in [0.25, 0.3) is 0 Å². The fourth-order valence-electron chi connectivity index (χ4n) is 1.63. The molecule has 1 aromatic carbocycles. The van der Waals surface area contributed by atoms with Crippen LogP contribution in [0, 0.1) is 13.8 Å². The molecular weight excluding hydrogens is 198 g/mol. The number of hydrogen-bond donors (Lipinski definition) is 1. The smallest absolute Gasteiger partial charge is 0.0587 e. The number of benzene rings is 1. The summed E-state index contributed by atoms with van der Waals surface area (Å²) in [7, 11) is 1.72. The molecule has 0 atom stereocenters. The molecule has 0 unspecified atom stereocenters. The number of aryl methyl sites for hydroxylation is 2. The minimum atomic E-state index is 0.761. The minimum Gasteiger partial charge on any atom is -0.383 e. The van der Waals surface area contributed by atoms with Crippen molar-refractivity contribution in [2.45, 2.75) is 13.8 Å². The van der Waals surface area contributed by atoms with Crippen molar-refractivity contribution in [1.29, 1.82) is 0 Å². The van der Waals surface area contributed by atoms with Gasteiger partial charge in [0.1, 0.15) is 0 Å². The lowest BCUT2D eigenvalue weighted by Crippen LogP contribution is -2.18. The summed E-state index contributed by atoms with van der Waals surface area (Å²) in [5.74, 6) is 0. The predicted molar refractivity (Wildman–Crippen MR) is 69.7 cm³/mol. The van der Waals surface area contributed by atoms with Gasteiger partial charge >= 0.3 is 0 Å². The molecule has 0 heterocycles. The van der Waals surface area contributed by atoms with Crippen molar-refractivity contribution in [3.8, 4) is 0 Å². The van der Waals surface area contributed by atoms with Crippen LogP contribution in [0.3, 0.4) is 0 Å². The summed E-state index contributed by atoms with van der Waals surface area (Å²) in [5, 5.41) is 3.28. The molecule has 0 aromatic heterocycles. The number of methoxy groups -OCH3 is 1. The first kappa shape index (κ1) is 12.9. The van der Waals surface area contributed by atoms with E-state index in [1.54, 1.807) is 7.11 Å². The summed E-state index contributed by atoms with van der Waals surface area (Å²) in [6, 6.07) is 6.38. The lowest BCUT2D eigenvalue weighted by Gasteiger charge is -2.04. The highest BCUT2D eigenvalue weighted by atomic mass is 16.5. The summed E-state index contributed by atoms with van der Waals surface area (Å²) < 4.78 is 4.96.